The van der Waals surface area contributed by atoms with Gasteiger partial charge < -0.3 is 10.4 Å². The van der Waals surface area contributed by atoms with Gasteiger partial charge in [0.2, 0.25) is 0 Å². The fraction of sp³-hybridized carbons (Fsp3) is 0.208. The quantitative estimate of drug-likeness (QED) is 0.140. The van der Waals surface area contributed by atoms with Crippen LogP contribution in [0.1, 0.15) is 93.8 Å². The Kier molecular flexibility index (Phi) is 12.8. The lowest BCUT2D eigenvalue weighted by Crippen LogP contribution is -2.27. The molecule has 2 N–H and O–H groups in total. The largest absolute Gasteiger partial charge is 0.477 e. The molecule has 0 radical (unpaired) electrons. The maximum Gasteiger partial charge on any atom is 0.354 e. The Morgan fingerprint density at radius 3 is 1.47 bits per heavy atom. The number of carbonyl (C=O) groups excluding carboxylic acids is 1. The van der Waals surface area contributed by atoms with Gasteiger partial charge in [-0.2, -0.15) is 10.2 Å². The molecule has 0 aliphatic carbocycles. The lowest BCUT2D eigenvalue weighted by Gasteiger charge is -2.19. The van der Waals surface area contributed by atoms with Crippen molar-refractivity contribution in [2.24, 2.45) is 10.2 Å². The minimum absolute atomic E-state index is 0.0189. The molecule has 0 bridgehead atoms. The second kappa shape index (κ2) is 18.9. The molecule has 20 heteroatoms. The third kappa shape index (κ3) is 8.55. The van der Waals surface area contributed by atoms with Gasteiger partial charge in [-0.25, -0.2) is 19.8 Å². The highest BCUT2D eigenvalue weighted by Gasteiger charge is 2.33. The molecule has 0 unspecified atom stereocenters. The van der Waals surface area contributed by atoms with Crippen molar-refractivity contribution in [1.29, 1.82) is 0 Å². The predicted octanol–water partition coefficient (Wildman–Crippen LogP) is 9.60. The van der Waals surface area contributed by atoms with E-state index in [1.807, 2.05) is 90.6 Å². The second-order valence-electron chi connectivity index (χ2n) is 15.9. The van der Waals surface area contributed by atoms with E-state index < -0.39 is 5.97 Å². The van der Waals surface area contributed by atoms with Gasteiger partial charge in [0.25, 0.3) is 17.8 Å². The number of carboxylic acids is 1. The van der Waals surface area contributed by atoms with Crippen molar-refractivity contribution in [3.63, 3.8) is 0 Å². The number of aromatic carboxylic acids is 1. The Morgan fingerprint density at radius 2 is 1.04 bits per heavy atom. The summed E-state index contributed by atoms with van der Waals surface area (Å²) in [6.45, 7) is 15.1. The lowest BCUT2D eigenvalue weighted by atomic mass is 10.00. The zero-order valence-corrected chi connectivity index (χ0v) is 41.1. The number of thiophene rings is 2. The minimum atomic E-state index is -1.09. The fourth-order valence-electron chi connectivity index (χ4n) is 7.96. The lowest BCUT2D eigenvalue weighted by molar-refractivity contribution is 0.0688. The molecule has 8 heterocycles. The van der Waals surface area contributed by atoms with Crippen LogP contribution in [0.2, 0.25) is 10.0 Å². The van der Waals surface area contributed by atoms with E-state index in [9.17, 15) is 14.7 Å². The number of rotatable bonds is 9. The van der Waals surface area contributed by atoms with Gasteiger partial charge in [0.15, 0.2) is 5.69 Å². The van der Waals surface area contributed by atoms with Crippen LogP contribution >= 0.6 is 45.9 Å². The molecule has 6 aromatic heterocycles. The summed E-state index contributed by atoms with van der Waals surface area (Å²) < 4.78 is 4.01. The van der Waals surface area contributed by atoms with Crippen molar-refractivity contribution in [1.82, 2.24) is 44.8 Å². The average molecular weight is 985 g/mol. The molecule has 344 valence electrons. The normalized spacial score (nSPS) is 12.7. The SMILES string of the molecule is CCNC(=O)c1ncccc1CN1N=C(c2ccc(Cl)cc2)c2c(sc(C)c2C)-n2c(C)nnc21.Cc1sc2c(c1C)C(c1ccc(Cl)cc1)=NN(Cc1cccnc1C(=O)O)c1nnc(C)n1-2. The zero-order valence-electron chi connectivity index (χ0n) is 37.9. The first-order valence-corrected chi connectivity index (χ1v) is 23.8. The van der Waals surface area contributed by atoms with E-state index in [2.05, 4.69) is 63.4 Å². The number of hydrogen-bond acceptors (Lipinski definition) is 14. The first-order valence-electron chi connectivity index (χ1n) is 21.4. The summed E-state index contributed by atoms with van der Waals surface area (Å²) in [6.07, 6.45) is 3.09. The van der Waals surface area contributed by atoms with Crippen LogP contribution < -0.4 is 15.3 Å². The molecule has 8 aromatic rings. The van der Waals surface area contributed by atoms with E-state index in [4.69, 9.17) is 33.4 Å². The molecular formula is C48H43Cl2N13O3S2. The van der Waals surface area contributed by atoms with Crippen molar-refractivity contribution in [3.05, 3.63) is 173 Å². The summed E-state index contributed by atoms with van der Waals surface area (Å²) in [5, 5.41) is 46.9. The summed E-state index contributed by atoms with van der Waals surface area (Å²) in [5.41, 5.74) is 9.33. The summed E-state index contributed by atoms with van der Waals surface area (Å²) >= 11 is 15.7. The third-order valence-electron chi connectivity index (χ3n) is 11.5. The van der Waals surface area contributed by atoms with Crippen LogP contribution in [0.25, 0.3) is 10.0 Å². The van der Waals surface area contributed by atoms with Gasteiger partial charge in [0.05, 0.1) is 13.1 Å². The molecule has 2 aliphatic rings. The van der Waals surface area contributed by atoms with Crippen LogP contribution in [0, 0.1) is 41.5 Å². The number of pyridine rings is 2. The Balaban J connectivity index is 0.000000170. The number of aryl methyl sites for hydroxylation is 4. The minimum Gasteiger partial charge on any atom is -0.477 e. The summed E-state index contributed by atoms with van der Waals surface area (Å²) in [6, 6.07) is 22.3. The fourth-order valence-corrected chi connectivity index (χ4v) is 10.6. The highest BCUT2D eigenvalue weighted by Crippen LogP contribution is 2.40. The number of carboxylic acid groups (broad SMARTS) is 1. The number of nitrogens with one attached hydrogen (secondary N) is 1. The maximum absolute atomic E-state index is 12.7. The molecule has 1 amide bonds. The van der Waals surface area contributed by atoms with Gasteiger partial charge in [-0.15, -0.1) is 43.1 Å². The van der Waals surface area contributed by atoms with Gasteiger partial charge >= 0.3 is 5.97 Å². The molecule has 0 spiro atoms. The molecule has 0 atom stereocenters. The van der Waals surface area contributed by atoms with Gasteiger partial charge in [0, 0.05) is 72.1 Å². The summed E-state index contributed by atoms with van der Waals surface area (Å²) in [7, 11) is 0. The number of fused-ring (bicyclic) bond motifs is 6. The average Bonchev–Trinajstić information content (AvgIpc) is 4.02. The smallest absolute Gasteiger partial charge is 0.354 e. The van der Waals surface area contributed by atoms with Crippen LogP contribution in [-0.4, -0.2) is 74.4 Å². The number of amides is 1. The van der Waals surface area contributed by atoms with E-state index in [0.717, 1.165) is 72.0 Å². The number of aromatic nitrogens is 8. The number of hydrazone groups is 2. The van der Waals surface area contributed by atoms with E-state index in [1.54, 1.807) is 51.0 Å². The van der Waals surface area contributed by atoms with Crippen LogP contribution in [0.5, 0.6) is 0 Å². The van der Waals surface area contributed by atoms with Crippen LogP contribution in [0.4, 0.5) is 11.9 Å². The van der Waals surface area contributed by atoms with E-state index in [0.29, 0.717) is 46.3 Å². The monoisotopic (exact) mass is 983 g/mol. The molecule has 0 fully saturated rings. The molecule has 0 saturated carbocycles. The van der Waals surface area contributed by atoms with Crippen molar-refractivity contribution in [2.75, 3.05) is 16.6 Å². The summed E-state index contributed by atoms with van der Waals surface area (Å²) in [5.74, 6) is 1.26. The Morgan fingerprint density at radius 1 is 0.618 bits per heavy atom. The number of carbonyl (C=O) groups is 2. The molecule has 68 heavy (non-hydrogen) atoms. The molecule has 16 nitrogen and oxygen atoms in total. The highest BCUT2D eigenvalue weighted by molar-refractivity contribution is 7.15. The first kappa shape index (κ1) is 46.0. The van der Waals surface area contributed by atoms with Crippen molar-refractivity contribution >= 4 is 81.1 Å². The number of halogens is 2. The highest BCUT2D eigenvalue weighted by atomic mass is 35.5. The predicted molar refractivity (Wildman–Crippen MR) is 267 cm³/mol. The van der Waals surface area contributed by atoms with E-state index >= 15 is 0 Å². The van der Waals surface area contributed by atoms with Crippen molar-refractivity contribution < 1.29 is 14.7 Å². The Bertz CT molecular complexity index is 3320. The molecule has 10 rings (SSSR count). The molecule has 2 aliphatic heterocycles. The third-order valence-corrected chi connectivity index (χ3v) is 14.4. The number of anilines is 2. The van der Waals surface area contributed by atoms with Gasteiger partial charge in [-0.05, 0) is 96.0 Å². The van der Waals surface area contributed by atoms with Crippen molar-refractivity contribution in [3.8, 4) is 10.0 Å². The number of hydrogen-bond donors (Lipinski definition) is 2. The molecular weight excluding hydrogens is 942 g/mol. The Hall–Kier alpha value is -7.12. The van der Waals surface area contributed by atoms with Crippen molar-refractivity contribution in [2.45, 2.75) is 61.6 Å². The number of benzene rings is 2. The molecule has 0 saturated heterocycles. The Labute approximate surface area is 409 Å². The van der Waals surface area contributed by atoms with Gasteiger partial charge in [-0.3, -0.25) is 18.9 Å². The first-order chi connectivity index (χ1) is 32.7. The van der Waals surface area contributed by atoms with Crippen LogP contribution in [0.3, 0.4) is 0 Å². The van der Waals surface area contributed by atoms with Gasteiger partial charge in [-0.1, -0.05) is 59.6 Å². The van der Waals surface area contributed by atoms with E-state index in [-0.39, 0.29) is 18.1 Å². The number of nitrogens with zero attached hydrogens (tertiary/aromatic N) is 12. The van der Waals surface area contributed by atoms with Crippen LogP contribution in [-0.2, 0) is 13.1 Å². The zero-order chi connectivity index (χ0) is 48.0. The second-order valence-corrected chi connectivity index (χ2v) is 19.2. The van der Waals surface area contributed by atoms with Gasteiger partial charge in [0.1, 0.15) is 38.8 Å². The standard InChI is InChI=1S/C25H24ClN7OS.C23H19ClN6O2S/c1-5-27-23(34)22-18(7-6-12-28-22)13-32-25-30-29-16(4)33(25)24-20(14(2)15(3)35-24)21(31-32)17-8-10-19(26)11-9-17;1-12-13(2)33-21-18(12)19(15-6-8-17(24)9-7-15)28-29(23-27-26-14(3)30(21)23)11-16-5-4-10-25-20(16)22(31)32/h6-12H,5,13H2,1-4H3,(H,27,34);4-10H,11H2,1-3H3,(H,31,32). The topological polar surface area (TPSA) is 185 Å². The molecule has 2 aromatic carbocycles. The van der Waals surface area contributed by atoms with Crippen LogP contribution in [0.15, 0.2) is 95.4 Å². The maximum atomic E-state index is 12.7. The van der Waals surface area contributed by atoms with E-state index in [1.165, 1.54) is 16.0 Å². The summed E-state index contributed by atoms with van der Waals surface area (Å²) in [4.78, 5) is 35.2.